The van der Waals surface area contributed by atoms with E-state index in [0.29, 0.717) is 18.4 Å². The second-order valence-corrected chi connectivity index (χ2v) is 26.7. The van der Waals surface area contributed by atoms with E-state index in [0.717, 1.165) is 61.9 Å². The van der Waals surface area contributed by atoms with Crippen LogP contribution in [-0.2, 0) is 42.9 Å². The van der Waals surface area contributed by atoms with Crippen molar-refractivity contribution in [2.45, 2.75) is 138 Å². The summed E-state index contributed by atoms with van der Waals surface area (Å²) in [4.78, 5) is 9.76. The van der Waals surface area contributed by atoms with Gasteiger partial charge >= 0.3 is 0 Å². The number of pyridine rings is 1. The van der Waals surface area contributed by atoms with Gasteiger partial charge in [0.05, 0.1) is 22.4 Å². The molecule has 13 rings (SSSR count). The van der Waals surface area contributed by atoms with Crippen LogP contribution in [0.1, 0.15) is 146 Å². The van der Waals surface area contributed by atoms with E-state index in [1.165, 1.54) is 95.0 Å². The molecular weight excluding hydrogens is 1190 g/mol. The van der Waals surface area contributed by atoms with E-state index in [4.69, 9.17) is 9.72 Å². The molecule has 5 nitrogen and oxygen atoms in total. The Morgan fingerprint density at radius 2 is 1.29 bits per heavy atom. The maximum atomic E-state index is 12.7. The fraction of sp³-hybridized carbons (Fsp3) is 0.280. The molecule has 0 aliphatic carbocycles. The minimum atomic E-state index is -0.275. The number of aromatic nitrogens is 4. The topological polar surface area (TPSA) is 44.9 Å². The summed E-state index contributed by atoms with van der Waals surface area (Å²) in [5, 5.41) is 2.61. The molecule has 2 aliphatic heterocycles. The van der Waals surface area contributed by atoms with Crippen molar-refractivity contribution in [2.75, 3.05) is 0 Å². The van der Waals surface area contributed by atoms with Crippen LogP contribution in [0.3, 0.4) is 0 Å². The molecule has 0 N–H and O–H groups in total. The molecule has 0 bridgehead atoms. The van der Waals surface area contributed by atoms with Gasteiger partial charge in [-0.3, -0.25) is 9.37 Å². The van der Waals surface area contributed by atoms with E-state index >= 15 is 0 Å². The van der Waals surface area contributed by atoms with Gasteiger partial charge in [-0.05, 0) is 151 Å². The average Bonchev–Trinajstić information content (AvgIpc) is 1.76. The minimum Gasteiger partial charge on any atom is -0.458 e. The molecule has 0 amide bonds. The summed E-state index contributed by atoms with van der Waals surface area (Å²) in [5.74, 6) is 3.22. The number of hydrogen-bond donors (Lipinski definition) is 0. The first-order valence-electron chi connectivity index (χ1n) is 29.3. The van der Waals surface area contributed by atoms with E-state index in [9.17, 15) is 4.39 Å². The monoisotopic (exact) mass is 1270 g/mol. The van der Waals surface area contributed by atoms with Crippen LogP contribution in [0.4, 0.5) is 4.39 Å². The SMILES string of the molecule is CC(C)c1cccc(C(C)C)c1Cn1c(-c2[c-]cccc2)nc2cccc(-c3cc4c5c(c3)-n3c6ccc(C(C)(C)C)cc6c6cc(C(C)(C)C)cc(c63)B5c3cc(C(C)(C)C)ccc3O4)c21.Cc1cnc(-c2[c-]cc(F)cc2)cc1C.[Ir]. The van der Waals surface area contributed by atoms with Crippen LogP contribution in [-0.4, -0.2) is 25.8 Å². The van der Waals surface area contributed by atoms with Gasteiger partial charge in [0.25, 0.3) is 6.71 Å². The Morgan fingerprint density at radius 1 is 0.614 bits per heavy atom. The fourth-order valence-corrected chi connectivity index (χ4v) is 12.5. The summed E-state index contributed by atoms with van der Waals surface area (Å²) in [6, 6.07) is 58.6. The van der Waals surface area contributed by atoms with Crippen LogP contribution in [0.25, 0.3) is 72.3 Å². The van der Waals surface area contributed by atoms with Gasteiger partial charge in [-0.25, -0.2) is 0 Å². The van der Waals surface area contributed by atoms with Crippen molar-refractivity contribution in [3.05, 3.63) is 214 Å². The largest absolute Gasteiger partial charge is 0.458 e. The van der Waals surface area contributed by atoms with Crippen LogP contribution in [0.2, 0.25) is 0 Å². The Bertz CT molecular complexity index is 4290. The standard InChI is InChI=1S/C62H63BN3O.C13H11FN.Ir/c1-36(2)43-21-17-22-44(37(3)4)48(43)35-65-58-45(23-18-24-51(58)64-59(65)38-19-15-14-16-20-38)39-29-53-56-55(30-39)67-54-28-26-41(61(8,9)10)33-49(54)63(56)50-34-42(62(11,12)13)32-47-46-31-40(60(5,6)7)25-27-52(46)66(53)57(47)50;1-9-7-13(15-8-10(9)2)11-3-5-12(14)6-4-11;/h14-19,21-34,36-37H,35H2,1-13H3;3,5-8H,1-2H3;/q2*-1;. The average molecular weight is 1270 g/mol. The number of aryl methyl sites for hydroxylation is 2. The van der Waals surface area contributed by atoms with Crippen LogP contribution in [0, 0.1) is 31.8 Å². The molecular formula is C75H74BFIrN4O-2. The number of imidazole rings is 1. The van der Waals surface area contributed by atoms with E-state index in [1.807, 2.05) is 38.2 Å². The van der Waals surface area contributed by atoms with E-state index in [2.05, 4.69) is 225 Å². The third-order valence-electron chi connectivity index (χ3n) is 17.2. The first-order valence-corrected chi connectivity index (χ1v) is 29.3. The molecule has 8 heteroatoms. The van der Waals surface area contributed by atoms with Crippen molar-refractivity contribution in [3.8, 4) is 51.0 Å². The fourth-order valence-electron chi connectivity index (χ4n) is 12.5. The molecule has 83 heavy (non-hydrogen) atoms. The molecule has 0 spiro atoms. The summed E-state index contributed by atoms with van der Waals surface area (Å²) in [7, 11) is 0. The first-order chi connectivity index (χ1) is 38.9. The smallest absolute Gasteiger partial charge is 0.256 e. The Hall–Kier alpha value is -7.38. The van der Waals surface area contributed by atoms with Crippen LogP contribution in [0.15, 0.2) is 152 Å². The van der Waals surface area contributed by atoms with Gasteiger partial charge in [0.1, 0.15) is 11.5 Å². The molecule has 0 saturated carbocycles. The van der Waals surface area contributed by atoms with Gasteiger partial charge in [-0.2, -0.15) is 0 Å². The van der Waals surface area contributed by atoms with Crippen LogP contribution < -0.4 is 21.1 Å². The minimum absolute atomic E-state index is 0. The third-order valence-corrected chi connectivity index (χ3v) is 17.2. The second kappa shape index (κ2) is 21.4. The maximum absolute atomic E-state index is 12.7. The summed E-state index contributed by atoms with van der Waals surface area (Å²) in [6.45, 7) is 34.9. The van der Waals surface area contributed by atoms with Crippen LogP contribution >= 0.6 is 0 Å². The van der Waals surface area contributed by atoms with Gasteiger partial charge in [0, 0.05) is 66.2 Å². The molecule has 3 aromatic heterocycles. The Morgan fingerprint density at radius 3 is 1.94 bits per heavy atom. The first kappa shape index (κ1) is 57.4. The van der Waals surface area contributed by atoms with Gasteiger partial charge in [0.15, 0.2) is 0 Å². The number of rotatable bonds is 7. The number of fused-ring (bicyclic) bond motifs is 8. The van der Waals surface area contributed by atoms with Crippen molar-refractivity contribution in [1.82, 2.24) is 19.1 Å². The summed E-state index contributed by atoms with van der Waals surface area (Å²) < 4.78 is 25.0. The molecule has 1 radical (unpaired) electrons. The van der Waals surface area contributed by atoms with Gasteiger partial charge in [-0.15, -0.1) is 65.7 Å². The second-order valence-electron chi connectivity index (χ2n) is 26.7. The molecule has 0 saturated heterocycles. The predicted molar refractivity (Wildman–Crippen MR) is 343 cm³/mol. The van der Waals surface area contributed by atoms with Crippen molar-refractivity contribution in [2.24, 2.45) is 0 Å². The van der Waals surface area contributed by atoms with Crippen molar-refractivity contribution in [3.63, 3.8) is 0 Å². The maximum Gasteiger partial charge on any atom is 0.256 e. The third kappa shape index (κ3) is 10.3. The molecule has 0 fully saturated rings. The molecule has 2 aliphatic rings. The summed E-state index contributed by atoms with van der Waals surface area (Å²) in [5.41, 5.74) is 24.8. The van der Waals surface area contributed by atoms with E-state index < -0.39 is 0 Å². The number of hydrogen-bond acceptors (Lipinski definition) is 3. The zero-order valence-electron chi connectivity index (χ0n) is 50.8. The number of halogens is 1. The zero-order chi connectivity index (χ0) is 57.9. The van der Waals surface area contributed by atoms with E-state index in [-0.39, 0.29) is 48.9 Å². The van der Waals surface area contributed by atoms with Crippen molar-refractivity contribution < 1.29 is 29.2 Å². The van der Waals surface area contributed by atoms with Gasteiger partial charge in [0.2, 0.25) is 0 Å². The predicted octanol–water partition coefficient (Wildman–Crippen LogP) is 17.7. The molecule has 421 valence electrons. The number of nitrogens with zero attached hydrogens (tertiary/aromatic N) is 4. The molecule has 5 heterocycles. The van der Waals surface area contributed by atoms with Crippen molar-refractivity contribution >= 4 is 55.9 Å². The van der Waals surface area contributed by atoms with Gasteiger partial charge in [-0.1, -0.05) is 156 Å². The molecule has 11 aromatic rings. The van der Waals surface area contributed by atoms with Gasteiger partial charge < -0.3 is 18.9 Å². The number of para-hydroxylation sites is 1. The number of ether oxygens (including phenoxy) is 1. The zero-order valence-corrected chi connectivity index (χ0v) is 53.2. The summed E-state index contributed by atoms with van der Waals surface area (Å²) >= 11 is 0. The Balaban J connectivity index is 0.000000391. The molecule has 8 aromatic carbocycles. The van der Waals surface area contributed by atoms with Crippen molar-refractivity contribution in [1.29, 1.82) is 0 Å². The van der Waals surface area contributed by atoms with E-state index in [1.54, 1.807) is 6.07 Å². The Labute approximate surface area is 504 Å². The molecule has 0 unspecified atom stereocenters. The quantitative estimate of drug-likeness (QED) is 0.118. The number of benzene rings is 8. The normalized spacial score (nSPS) is 12.8. The Kier molecular flexibility index (Phi) is 14.8. The summed E-state index contributed by atoms with van der Waals surface area (Å²) in [6.07, 6.45) is 1.82. The van der Waals surface area contributed by atoms with Crippen LogP contribution in [0.5, 0.6) is 11.5 Å². The molecule has 0 atom stereocenters.